The van der Waals surface area contributed by atoms with E-state index >= 15 is 0 Å². The third kappa shape index (κ3) is 2.82. The van der Waals surface area contributed by atoms with Crippen LogP contribution in [0.3, 0.4) is 0 Å². The molecule has 2 heterocycles. The zero-order valence-corrected chi connectivity index (χ0v) is 14.3. The Morgan fingerprint density at radius 3 is 2.84 bits per heavy atom. The van der Waals surface area contributed by atoms with Crippen LogP contribution in [0.2, 0.25) is 0 Å². The molecular formula is C18H20N6O. The van der Waals surface area contributed by atoms with Crippen molar-refractivity contribution in [2.24, 2.45) is 7.05 Å². The number of rotatable bonds is 4. The van der Waals surface area contributed by atoms with Gasteiger partial charge in [-0.05, 0) is 31.0 Å². The summed E-state index contributed by atoms with van der Waals surface area (Å²) in [6, 6.07) is 5.44. The smallest absolute Gasteiger partial charge is 0.255 e. The van der Waals surface area contributed by atoms with Crippen molar-refractivity contribution in [2.45, 2.75) is 25.2 Å². The predicted octanol–water partition coefficient (Wildman–Crippen LogP) is 2.92. The minimum absolute atomic E-state index is 0.153. The van der Waals surface area contributed by atoms with Crippen LogP contribution in [-0.4, -0.2) is 32.7 Å². The lowest BCUT2D eigenvalue weighted by Crippen LogP contribution is -2.16. The fourth-order valence-corrected chi connectivity index (χ4v) is 3.18. The van der Waals surface area contributed by atoms with Gasteiger partial charge in [0.05, 0.1) is 16.9 Å². The maximum atomic E-state index is 12.7. The van der Waals surface area contributed by atoms with Crippen molar-refractivity contribution in [2.75, 3.05) is 17.7 Å². The number of carbonyl (C=O) groups excluding carboxylic acids is 1. The van der Waals surface area contributed by atoms with Crippen LogP contribution in [0.4, 0.5) is 11.5 Å². The van der Waals surface area contributed by atoms with Crippen molar-refractivity contribution in [1.82, 2.24) is 19.7 Å². The molecule has 0 saturated heterocycles. The first-order valence-electron chi connectivity index (χ1n) is 8.43. The van der Waals surface area contributed by atoms with E-state index in [1.807, 2.05) is 26.4 Å². The van der Waals surface area contributed by atoms with Gasteiger partial charge in [0, 0.05) is 37.2 Å². The summed E-state index contributed by atoms with van der Waals surface area (Å²) in [5, 5.41) is 11.5. The molecule has 1 aliphatic rings. The molecule has 25 heavy (non-hydrogen) atoms. The van der Waals surface area contributed by atoms with Crippen LogP contribution in [0.1, 0.15) is 41.2 Å². The van der Waals surface area contributed by atoms with E-state index in [4.69, 9.17) is 0 Å². The molecule has 2 N–H and O–H groups in total. The highest BCUT2D eigenvalue weighted by Crippen LogP contribution is 2.39. The first kappa shape index (κ1) is 15.6. The van der Waals surface area contributed by atoms with Gasteiger partial charge in [0.15, 0.2) is 0 Å². The SMILES string of the molecule is CNc1ncnc2cc(C(=O)Nc3cn(C)nc3C3CCC3)ccc12. The fourth-order valence-electron chi connectivity index (χ4n) is 3.18. The third-order valence-corrected chi connectivity index (χ3v) is 4.73. The Bertz CT molecular complexity index is 944. The summed E-state index contributed by atoms with van der Waals surface area (Å²) in [6.07, 6.45) is 6.87. The van der Waals surface area contributed by atoms with Crippen molar-refractivity contribution in [3.05, 3.63) is 42.0 Å². The van der Waals surface area contributed by atoms with Crippen LogP contribution >= 0.6 is 0 Å². The number of aryl methyl sites for hydroxylation is 1. The standard InChI is InChI=1S/C18H20N6O/c1-19-17-13-7-6-12(8-14(13)20-10-21-17)18(25)22-15-9-24(2)23-16(15)11-4-3-5-11/h6-11H,3-5H2,1-2H3,(H,22,25)(H,19,20,21). The van der Waals surface area contributed by atoms with Crippen LogP contribution in [-0.2, 0) is 7.05 Å². The molecule has 1 aliphatic carbocycles. The van der Waals surface area contributed by atoms with Crippen molar-refractivity contribution in [3.8, 4) is 0 Å². The average molecular weight is 336 g/mol. The topological polar surface area (TPSA) is 84.7 Å². The van der Waals surface area contributed by atoms with Gasteiger partial charge in [-0.1, -0.05) is 6.42 Å². The number of fused-ring (bicyclic) bond motifs is 1. The summed E-state index contributed by atoms with van der Waals surface area (Å²) < 4.78 is 1.76. The largest absolute Gasteiger partial charge is 0.373 e. The molecule has 1 saturated carbocycles. The van der Waals surface area contributed by atoms with Gasteiger partial charge in [0.1, 0.15) is 12.1 Å². The summed E-state index contributed by atoms with van der Waals surface area (Å²) >= 11 is 0. The van der Waals surface area contributed by atoms with E-state index in [9.17, 15) is 4.79 Å². The van der Waals surface area contributed by atoms with Crippen molar-refractivity contribution < 1.29 is 4.79 Å². The molecule has 4 rings (SSSR count). The maximum Gasteiger partial charge on any atom is 0.255 e. The zero-order valence-electron chi connectivity index (χ0n) is 14.3. The number of aromatic nitrogens is 4. The Morgan fingerprint density at radius 1 is 1.28 bits per heavy atom. The molecule has 3 aromatic rings. The van der Waals surface area contributed by atoms with E-state index < -0.39 is 0 Å². The van der Waals surface area contributed by atoms with Crippen LogP contribution in [0, 0.1) is 0 Å². The van der Waals surface area contributed by atoms with E-state index in [1.165, 1.54) is 12.7 Å². The summed E-state index contributed by atoms with van der Waals surface area (Å²) in [4.78, 5) is 21.1. The van der Waals surface area contributed by atoms with Crippen LogP contribution in [0.25, 0.3) is 10.9 Å². The van der Waals surface area contributed by atoms with Crippen LogP contribution in [0.15, 0.2) is 30.7 Å². The van der Waals surface area contributed by atoms with Crippen molar-refractivity contribution >= 4 is 28.3 Å². The van der Waals surface area contributed by atoms with E-state index in [-0.39, 0.29) is 5.91 Å². The number of amides is 1. The van der Waals surface area contributed by atoms with Gasteiger partial charge in [-0.2, -0.15) is 5.10 Å². The molecule has 7 nitrogen and oxygen atoms in total. The lowest BCUT2D eigenvalue weighted by atomic mass is 9.82. The van der Waals surface area contributed by atoms with Gasteiger partial charge in [0.25, 0.3) is 5.91 Å². The molecule has 2 aromatic heterocycles. The summed E-state index contributed by atoms with van der Waals surface area (Å²) in [6.45, 7) is 0. The lowest BCUT2D eigenvalue weighted by Gasteiger charge is -2.24. The Balaban J connectivity index is 1.62. The number of anilines is 2. The van der Waals surface area contributed by atoms with Gasteiger partial charge in [-0.25, -0.2) is 9.97 Å². The fraction of sp³-hybridized carbons (Fsp3) is 0.333. The second kappa shape index (κ2) is 6.16. The number of nitrogens with one attached hydrogen (secondary N) is 2. The molecule has 0 atom stereocenters. The molecule has 0 unspecified atom stereocenters. The van der Waals surface area contributed by atoms with Crippen LogP contribution in [0.5, 0.6) is 0 Å². The first-order chi connectivity index (χ1) is 12.2. The monoisotopic (exact) mass is 336 g/mol. The molecule has 0 spiro atoms. The highest BCUT2D eigenvalue weighted by atomic mass is 16.1. The summed E-state index contributed by atoms with van der Waals surface area (Å²) in [5.41, 5.74) is 3.09. The van der Waals surface area contributed by atoms with E-state index in [0.717, 1.165) is 40.9 Å². The van der Waals surface area contributed by atoms with E-state index in [2.05, 4.69) is 25.7 Å². The van der Waals surface area contributed by atoms with E-state index in [0.29, 0.717) is 11.5 Å². The highest BCUT2D eigenvalue weighted by Gasteiger charge is 2.26. The van der Waals surface area contributed by atoms with Crippen molar-refractivity contribution in [1.29, 1.82) is 0 Å². The Labute approximate surface area is 145 Å². The molecule has 1 amide bonds. The number of benzene rings is 1. The molecule has 7 heteroatoms. The first-order valence-corrected chi connectivity index (χ1v) is 8.43. The predicted molar refractivity (Wildman–Crippen MR) is 96.8 cm³/mol. The summed E-state index contributed by atoms with van der Waals surface area (Å²) in [5.74, 6) is 1.05. The number of hydrogen-bond donors (Lipinski definition) is 2. The molecule has 1 aromatic carbocycles. The molecule has 1 fully saturated rings. The van der Waals surface area contributed by atoms with Gasteiger partial charge in [0.2, 0.25) is 0 Å². The molecule has 128 valence electrons. The highest BCUT2D eigenvalue weighted by molar-refractivity contribution is 6.07. The maximum absolute atomic E-state index is 12.7. The van der Waals surface area contributed by atoms with Crippen molar-refractivity contribution in [3.63, 3.8) is 0 Å². The Hall–Kier alpha value is -2.96. The second-order valence-corrected chi connectivity index (χ2v) is 6.39. The van der Waals surface area contributed by atoms with Gasteiger partial charge < -0.3 is 10.6 Å². The minimum Gasteiger partial charge on any atom is -0.373 e. The molecule has 0 bridgehead atoms. The minimum atomic E-state index is -0.153. The van der Waals surface area contributed by atoms with Gasteiger partial charge in [-0.3, -0.25) is 9.48 Å². The van der Waals surface area contributed by atoms with Crippen LogP contribution < -0.4 is 10.6 Å². The Kier molecular flexibility index (Phi) is 3.83. The normalized spacial score (nSPS) is 14.3. The molecule has 0 radical (unpaired) electrons. The quantitative estimate of drug-likeness (QED) is 0.765. The molecular weight excluding hydrogens is 316 g/mol. The average Bonchev–Trinajstić information content (AvgIpc) is 2.92. The third-order valence-electron chi connectivity index (χ3n) is 4.73. The van der Waals surface area contributed by atoms with Gasteiger partial charge >= 0.3 is 0 Å². The van der Waals surface area contributed by atoms with E-state index in [1.54, 1.807) is 16.8 Å². The number of carbonyl (C=O) groups is 1. The Morgan fingerprint density at radius 2 is 2.12 bits per heavy atom. The molecule has 0 aliphatic heterocycles. The number of hydrogen-bond acceptors (Lipinski definition) is 5. The second-order valence-electron chi connectivity index (χ2n) is 6.39. The number of nitrogens with zero attached hydrogens (tertiary/aromatic N) is 4. The van der Waals surface area contributed by atoms with Gasteiger partial charge in [-0.15, -0.1) is 0 Å². The summed E-state index contributed by atoms with van der Waals surface area (Å²) in [7, 11) is 3.69. The lowest BCUT2D eigenvalue weighted by molar-refractivity contribution is 0.102. The zero-order chi connectivity index (χ0) is 17.4.